The number of carbonyl (C=O) groups excluding carboxylic acids is 1. The summed E-state index contributed by atoms with van der Waals surface area (Å²) in [6.07, 6.45) is 3.53. The zero-order valence-corrected chi connectivity index (χ0v) is 13.9. The summed E-state index contributed by atoms with van der Waals surface area (Å²) in [6, 6.07) is 9.92. The van der Waals surface area contributed by atoms with Gasteiger partial charge in [-0.1, -0.05) is 30.3 Å². The summed E-state index contributed by atoms with van der Waals surface area (Å²) in [5, 5.41) is 14.1. The third kappa shape index (κ3) is 3.85. The molecule has 126 valence electrons. The third-order valence-electron chi connectivity index (χ3n) is 5.12. The highest BCUT2D eigenvalue weighted by atomic mass is 16.3. The minimum atomic E-state index is -0.927. The molecule has 5 heteroatoms. The molecule has 2 aliphatic rings. The van der Waals surface area contributed by atoms with Gasteiger partial charge in [-0.05, 0) is 51.4 Å². The lowest BCUT2D eigenvalue weighted by Crippen LogP contribution is -2.54. The molecule has 1 atom stereocenters. The minimum absolute atomic E-state index is 0.0337. The predicted octanol–water partition coefficient (Wildman–Crippen LogP) is 1.77. The van der Waals surface area contributed by atoms with E-state index in [2.05, 4.69) is 17.3 Å². The largest absolute Gasteiger partial charge is 0.383 e. The molecular formula is C18H27N3O2. The maximum atomic E-state index is 12.6. The monoisotopic (exact) mass is 317 g/mol. The van der Waals surface area contributed by atoms with Crippen LogP contribution in [-0.4, -0.2) is 60.2 Å². The Bertz CT molecular complexity index is 528. The Kier molecular flexibility index (Phi) is 4.87. The normalized spacial score (nSPS) is 27.0. The Hall–Kier alpha value is -1.59. The van der Waals surface area contributed by atoms with Crippen LogP contribution in [0.1, 0.15) is 31.2 Å². The van der Waals surface area contributed by atoms with Crippen molar-refractivity contribution in [3.63, 3.8) is 0 Å². The Labute approximate surface area is 138 Å². The van der Waals surface area contributed by atoms with E-state index >= 15 is 0 Å². The lowest BCUT2D eigenvalue weighted by atomic mass is 9.86. The summed E-state index contributed by atoms with van der Waals surface area (Å²) in [5.74, 6) is 0. The van der Waals surface area contributed by atoms with Gasteiger partial charge in [-0.3, -0.25) is 0 Å². The van der Waals surface area contributed by atoms with Crippen LogP contribution in [0.15, 0.2) is 30.3 Å². The van der Waals surface area contributed by atoms with E-state index in [4.69, 9.17) is 0 Å². The number of hydrogen-bond acceptors (Lipinski definition) is 3. The number of piperidine rings is 2. The van der Waals surface area contributed by atoms with Gasteiger partial charge < -0.3 is 20.2 Å². The van der Waals surface area contributed by atoms with Crippen LogP contribution in [0, 0.1) is 0 Å². The van der Waals surface area contributed by atoms with Crippen molar-refractivity contribution in [3.8, 4) is 0 Å². The molecule has 2 fully saturated rings. The second-order valence-electron chi connectivity index (χ2n) is 6.95. The molecule has 2 aliphatic heterocycles. The molecule has 5 nitrogen and oxygen atoms in total. The number of benzene rings is 1. The average molecular weight is 317 g/mol. The van der Waals surface area contributed by atoms with Gasteiger partial charge in [0.2, 0.25) is 0 Å². The zero-order chi connectivity index (χ0) is 16.3. The van der Waals surface area contributed by atoms with E-state index in [1.54, 1.807) is 4.90 Å². The fraction of sp³-hybridized carbons (Fsp3) is 0.611. The second-order valence-corrected chi connectivity index (χ2v) is 6.95. The molecule has 1 aromatic rings. The Morgan fingerprint density at radius 1 is 1.22 bits per heavy atom. The molecule has 2 heterocycles. The molecular weight excluding hydrogens is 290 g/mol. The lowest BCUT2D eigenvalue weighted by molar-refractivity contribution is -0.0235. The summed E-state index contributed by atoms with van der Waals surface area (Å²) in [5.41, 5.74) is -0.0271. The first kappa shape index (κ1) is 16.3. The summed E-state index contributed by atoms with van der Waals surface area (Å²) >= 11 is 0. The highest BCUT2D eigenvalue weighted by molar-refractivity contribution is 5.74. The molecule has 2 N–H and O–H groups in total. The number of amides is 2. The van der Waals surface area contributed by atoms with Crippen molar-refractivity contribution in [2.24, 2.45) is 0 Å². The van der Waals surface area contributed by atoms with Gasteiger partial charge in [-0.25, -0.2) is 4.79 Å². The minimum Gasteiger partial charge on any atom is -0.383 e. The number of aliphatic hydroxyl groups is 1. The topological polar surface area (TPSA) is 55.8 Å². The SMILES string of the molecule is CN1CCC(NC(=O)N2CCCC(O)(c3ccccc3)C2)CC1. The van der Waals surface area contributed by atoms with Gasteiger partial charge >= 0.3 is 6.03 Å². The van der Waals surface area contributed by atoms with E-state index in [1.165, 1.54) is 0 Å². The van der Waals surface area contributed by atoms with Crippen molar-refractivity contribution in [1.82, 2.24) is 15.1 Å². The molecule has 0 bridgehead atoms. The number of hydrogen-bond donors (Lipinski definition) is 2. The van der Waals surface area contributed by atoms with Crippen molar-refractivity contribution >= 4 is 6.03 Å². The van der Waals surface area contributed by atoms with Crippen LogP contribution < -0.4 is 5.32 Å². The van der Waals surface area contributed by atoms with Crippen molar-refractivity contribution in [3.05, 3.63) is 35.9 Å². The maximum absolute atomic E-state index is 12.6. The highest BCUT2D eigenvalue weighted by Crippen LogP contribution is 2.31. The van der Waals surface area contributed by atoms with E-state index in [1.807, 2.05) is 30.3 Å². The van der Waals surface area contributed by atoms with E-state index in [0.29, 0.717) is 19.5 Å². The molecule has 2 saturated heterocycles. The molecule has 0 aliphatic carbocycles. The standard InChI is InChI=1S/C18H27N3O2/c1-20-12-8-16(9-13-20)19-17(22)21-11-5-10-18(23,14-21)15-6-3-2-4-7-15/h2-4,6-7,16,23H,5,8-14H2,1H3,(H,19,22). The fourth-order valence-electron chi connectivity index (χ4n) is 3.61. The van der Waals surface area contributed by atoms with E-state index in [-0.39, 0.29) is 12.1 Å². The van der Waals surface area contributed by atoms with Crippen LogP contribution in [0.5, 0.6) is 0 Å². The van der Waals surface area contributed by atoms with Gasteiger partial charge in [0, 0.05) is 12.6 Å². The third-order valence-corrected chi connectivity index (χ3v) is 5.12. The second kappa shape index (κ2) is 6.89. The molecule has 0 spiro atoms. The van der Waals surface area contributed by atoms with Crippen molar-refractivity contribution in [2.75, 3.05) is 33.2 Å². The summed E-state index contributed by atoms with van der Waals surface area (Å²) < 4.78 is 0. The Morgan fingerprint density at radius 3 is 2.61 bits per heavy atom. The van der Waals surface area contributed by atoms with Gasteiger partial charge in [-0.2, -0.15) is 0 Å². The van der Waals surface area contributed by atoms with Crippen LogP contribution in [0.2, 0.25) is 0 Å². The number of nitrogens with zero attached hydrogens (tertiary/aromatic N) is 2. The number of urea groups is 1. The number of nitrogens with one attached hydrogen (secondary N) is 1. The first-order valence-electron chi connectivity index (χ1n) is 8.59. The number of rotatable bonds is 2. The Morgan fingerprint density at radius 2 is 1.91 bits per heavy atom. The fourth-order valence-corrected chi connectivity index (χ4v) is 3.61. The molecule has 2 amide bonds. The van der Waals surface area contributed by atoms with Gasteiger partial charge in [0.15, 0.2) is 0 Å². The van der Waals surface area contributed by atoms with Crippen LogP contribution in [-0.2, 0) is 5.60 Å². The highest BCUT2D eigenvalue weighted by Gasteiger charge is 2.37. The predicted molar refractivity (Wildman–Crippen MR) is 90.2 cm³/mol. The van der Waals surface area contributed by atoms with Crippen LogP contribution in [0.25, 0.3) is 0 Å². The maximum Gasteiger partial charge on any atom is 0.317 e. The average Bonchev–Trinajstić information content (AvgIpc) is 2.58. The van der Waals surface area contributed by atoms with Crippen LogP contribution >= 0.6 is 0 Å². The van der Waals surface area contributed by atoms with Crippen molar-refractivity contribution < 1.29 is 9.90 Å². The molecule has 0 saturated carbocycles. The van der Waals surface area contributed by atoms with Gasteiger partial charge in [0.05, 0.1) is 6.54 Å². The molecule has 0 aromatic heterocycles. The van der Waals surface area contributed by atoms with E-state index in [9.17, 15) is 9.90 Å². The van der Waals surface area contributed by atoms with Gasteiger partial charge in [0.1, 0.15) is 5.60 Å². The van der Waals surface area contributed by atoms with Crippen molar-refractivity contribution in [1.29, 1.82) is 0 Å². The first-order valence-corrected chi connectivity index (χ1v) is 8.59. The molecule has 1 unspecified atom stereocenters. The molecule has 0 radical (unpaired) electrons. The van der Waals surface area contributed by atoms with Gasteiger partial charge in [-0.15, -0.1) is 0 Å². The Balaban J connectivity index is 1.61. The van der Waals surface area contributed by atoms with E-state index < -0.39 is 5.60 Å². The lowest BCUT2D eigenvalue weighted by Gasteiger charge is -2.40. The first-order chi connectivity index (χ1) is 11.1. The summed E-state index contributed by atoms with van der Waals surface area (Å²) in [4.78, 5) is 16.6. The number of likely N-dealkylation sites (tertiary alicyclic amines) is 2. The molecule has 3 rings (SSSR count). The van der Waals surface area contributed by atoms with Gasteiger partial charge in [0.25, 0.3) is 0 Å². The summed E-state index contributed by atoms with van der Waals surface area (Å²) in [6.45, 7) is 3.14. The molecule has 23 heavy (non-hydrogen) atoms. The smallest absolute Gasteiger partial charge is 0.317 e. The summed E-state index contributed by atoms with van der Waals surface area (Å²) in [7, 11) is 2.11. The van der Waals surface area contributed by atoms with Crippen LogP contribution in [0.4, 0.5) is 4.79 Å². The zero-order valence-electron chi connectivity index (χ0n) is 13.9. The van der Waals surface area contributed by atoms with E-state index in [0.717, 1.165) is 37.9 Å². The van der Waals surface area contributed by atoms with Crippen molar-refractivity contribution in [2.45, 2.75) is 37.3 Å². The number of β-amino-alcohol motifs (C(OH)–C–C–N with tert-alkyl or cyclic N) is 1. The molecule has 1 aromatic carbocycles. The quantitative estimate of drug-likeness (QED) is 0.874. The number of carbonyl (C=O) groups is 1. The van der Waals surface area contributed by atoms with Crippen LogP contribution in [0.3, 0.4) is 0 Å².